The highest BCUT2D eigenvalue weighted by Gasteiger charge is 2.08. The van der Waals surface area contributed by atoms with E-state index in [1.807, 2.05) is 12.1 Å². The van der Waals surface area contributed by atoms with Gasteiger partial charge in [-0.25, -0.2) is 0 Å². The Bertz CT molecular complexity index is 505. The quantitative estimate of drug-likeness (QED) is 0.848. The molecule has 0 bridgehead atoms. The van der Waals surface area contributed by atoms with E-state index in [-0.39, 0.29) is 5.76 Å². The van der Waals surface area contributed by atoms with Gasteiger partial charge < -0.3 is 10.2 Å². The SMILES string of the molecule is NC(=O)c1ccc(-c2cccc(Cl)c2)o1. The molecule has 0 saturated heterocycles. The van der Waals surface area contributed by atoms with Crippen molar-refractivity contribution < 1.29 is 9.21 Å². The number of hydrogen-bond acceptors (Lipinski definition) is 2. The maximum atomic E-state index is 10.8. The molecule has 2 rings (SSSR count). The smallest absolute Gasteiger partial charge is 0.284 e. The van der Waals surface area contributed by atoms with Gasteiger partial charge in [0.15, 0.2) is 5.76 Å². The standard InChI is InChI=1S/C11H8ClNO2/c12-8-3-1-2-7(6-8)9-4-5-10(15-9)11(13)14/h1-6H,(H2,13,14). The Labute approximate surface area is 91.5 Å². The highest BCUT2D eigenvalue weighted by Crippen LogP contribution is 2.24. The molecule has 4 heteroatoms. The van der Waals surface area contributed by atoms with Crippen molar-refractivity contribution in [1.29, 1.82) is 0 Å². The van der Waals surface area contributed by atoms with Gasteiger partial charge in [0.2, 0.25) is 0 Å². The molecule has 0 radical (unpaired) electrons. The molecule has 76 valence electrons. The highest BCUT2D eigenvalue weighted by atomic mass is 35.5. The maximum Gasteiger partial charge on any atom is 0.284 e. The first-order valence-electron chi connectivity index (χ1n) is 4.32. The highest BCUT2D eigenvalue weighted by molar-refractivity contribution is 6.30. The number of hydrogen-bond donors (Lipinski definition) is 1. The molecular formula is C11H8ClNO2. The molecular weight excluding hydrogens is 214 g/mol. The van der Waals surface area contributed by atoms with Crippen LogP contribution in [0.1, 0.15) is 10.6 Å². The van der Waals surface area contributed by atoms with Crippen LogP contribution in [0.2, 0.25) is 5.02 Å². The van der Waals surface area contributed by atoms with Gasteiger partial charge in [-0.2, -0.15) is 0 Å². The minimum absolute atomic E-state index is 0.143. The molecule has 0 aliphatic carbocycles. The average molecular weight is 222 g/mol. The number of nitrogens with two attached hydrogens (primary N) is 1. The Kier molecular flexibility index (Phi) is 2.47. The largest absolute Gasteiger partial charge is 0.451 e. The number of halogens is 1. The van der Waals surface area contributed by atoms with Crippen LogP contribution in [-0.4, -0.2) is 5.91 Å². The fourth-order valence-electron chi connectivity index (χ4n) is 1.27. The van der Waals surface area contributed by atoms with Crippen LogP contribution in [-0.2, 0) is 0 Å². The molecule has 1 heterocycles. The third-order valence-corrected chi connectivity index (χ3v) is 2.19. The molecule has 2 N–H and O–H groups in total. The summed E-state index contributed by atoms with van der Waals surface area (Å²) in [7, 11) is 0. The molecule has 0 aliphatic heterocycles. The van der Waals surface area contributed by atoms with Crippen LogP contribution in [0, 0.1) is 0 Å². The number of primary amides is 1. The second-order valence-corrected chi connectivity index (χ2v) is 3.47. The van der Waals surface area contributed by atoms with Crippen LogP contribution in [0.3, 0.4) is 0 Å². The molecule has 0 fully saturated rings. The monoisotopic (exact) mass is 221 g/mol. The lowest BCUT2D eigenvalue weighted by atomic mass is 10.2. The summed E-state index contributed by atoms with van der Waals surface area (Å²) in [5.41, 5.74) is 5.89. The molecule has 3 nitrogen and oxygen atoms in total. The molecule has 0 unspecified atom stereocenters. The fourth-order valence-corrected chi connectivity index (χ4v) is 1.46. The van der Waals surface area contributed by atoms with E-state index in [1.54, 1.807) is 24.3 Å². The van der Waals surface area contributed by atoms with E-state index in [4.69, 9.17) is 21.8 Å². The van der Waals surface area contributed by atoms with E-state index in [0.29, 0.717) is 10.8 Å². The number of carbonyl (C=O) groups is 1. The third kappa shape index (κ3) is 2.02. The van der Waals surface area contributed by atoms with E-state index in [0.717, 1.165) is 5.56 Å². The Hall–Kier alpha value is -1.74. The summed E-state index contributed by atoms with van der Waals surface area (Å²) in [6.07, 6.45) is 0. The van der Waals surface area contributed by atoms with Crippen molar-refractivity contribution in [1.82, 2.24) is 0 Å². The summed E-state index contributed by atoms with van der Waals surface area (Å²) in [5.74, 6) is 0.138. The van der Waals surface area contributed by atoms with Crippen molar-refractivity contribution in [3.8, 4) is 11.3 Å². The van der Waals surface area contributed by atoms with Crippen molar-refractivity contribution in [3.05, 3.63) is 47.2 Å². The number of furan rings is 1. The molecule has 0 saturated carbocycles. The molecule has 0 atom stereocenters. The van der Waals surface area contributed by atoms with Crippen LogP contribution in [0.15, 0.2) is 40.8 Å². The van der Waals surface area contributed by atoms with E-state index >= 15 is 0 Å². The third-order valence-electron chi connectivity index (χ3n) is 1.96. The predicted octanol–water partition coefficient (Wildman–Crippen LogP) is 2.70. The Balaban J connectivity index is 2.41. The maximum absolute atomic E-state index is 10.8. The first-order chi connectivity index (χ1) is 7.16. The molecule has 2 aromatic rings. The summed E-state index contributed by atoms with van der Waals surface area (Å²) in [6.45, 7) is 0. The van der Waals surface area contributed by atoms with Crippen LogP contribution in [0.5, 0.6) is 0 Å². The first-order valence-corrected chi connectivity index (χ1v) is 4.70. The molecule has 1 aromatic heterocycles. The molecule has 0 spiro atoms. The molecule has 15 heavy (non-hydrogen) atoms. The van der Waals surface area contributed by atoms with E-state index < -0.39 is 5.91 Å². The van der Waals surface area contributed by atoms with Gasteiger partial charge in [0.05, 0.1) is 0 Å². The second kappa shape index (κ2) is 3.79. The fraction of sp³-hybridized carbons (Fsp3) is 0. The minimum Gasteiger partial charge on any atom is -0.451 e. The Morgan fingerprint density at radius 2 is 2.07 bits per heavy atom. The van der Waals surface area contributed by atoms with Crippen LogP contribution < -0.4 is 5.73 Å². The van der Waals surface area contributed by atoms with E-state index in [1.165, 1.54) is 0 Å². The van der Waals surface area contributed by atoms with Gasteiger partial charge in [-0.05, 0) is 24.3 Å². The summed E-state index contributed by atoms with van der Waals surface area (Å²) in [6, 6.07) is 10.4. The van der Waals surface area contributed by atoms with Crippen molar-refractivity contribution in [2.75, 3.05) is 0 Å². The van der Waals surface area contributed by atoms with E-state index in [9.17, 15) is 4.79 Å². The van der Waals surface area contributed by atoms with Gasteiger partial charge in [-0.15, -0.1) is 0 Å². The zero-order chi connectivity index (χ0) is 10.8. The molecule has 0 aliphatic rings. The minimum atomic E-state index is -0.580. The zero-order valence-electron chi connectivity index (χ0n) is 7.74. The molecule has 1 aromatic carbocycles. The predicted molar refractivity (Wildman–Crippen MR) is 57.7 cm³/mol. The van der Waals surface area contributed by atoms with Gasteiger partial charge in [0.25, 0.3) is 5.91 Å². The summed E-state index contributed by atoms with van der Waals surface area (Å²) in [4.78, 5) is 10.8. The summed E-state index contributed by atoms with van der Waals surface area (Å²) >= 11 is 5.83. The lowest BCUT2D eigenvalue weighted by Crippen LogP contribution is -2.09. The zero-order valence-corrected chi connectivity index (χ0v) is 8.49. The Morgan fingerprint density at radius 1 is 1.27 bits per heavy atom. The Morgan fingerprint density at radius 3 is 2.67 bits per heavy atom. The van der Waals surface area contributed by atoms with Crippen LogP contribution >= 0.6 is 11.6 Å². The number of benzene rings is 1. The first kappa shape index (κ1) is 9.80. The number of rotatable bonds is 2. The van der Waals surface area contributed by atoms with E-state index in [2.05, 4.69) is 0 Å². The van der Waals surface area contributed by atoms with Gasteiger partial charge in [-0.1, -0.05) is 23.7 Å². The topological polar surface area (TPSA) is 56.2 Å². The van der Waals surface area contributed by atoms with Gasteiger partial charge in [0, 0.05) is 10.6 Å². The lowest BCUT2D eigenvalue weighted by molar-refractivity contribution is 0.0975. The number of amides is 1. The number of carbonyl (C=O) groups excluding carboxylic acids is 1. The van der Waals surface area contributed by atoms with Gasteiger partial charge in [0.1, 0.15) is 5.76 Å². The van der Waals surface area contributed by atoms with Gasteiger partial charge in [-0.3, -0.25) is 4.79 Å². The van der Waals surface area contributed by atoms with Crippen molar-refractivity contribution in [2.24, 2.45) is 5.73 Å². The summed E-state index contributed by atoms with van der Waals surface area (Å²) < 4.78 is 5.25. The van der Waals surface area contributed by atoms with Crippen LogP contribution in [0.4, 0.5) is 0 Å². The van der Waals surface area contributed by atoms with Crippen LogP contribution in [0.25, 0.3) is 11.3 Å². The normalized spacial score (nSPS) is 10.2. The van der Waals surface area contributed by atoms with Crippen molar-refractivity contribution >= 4 is 17.5 Å². The summed E-state index contributed by atoms with van der Waals surface area (Å²) in [5, 5.41) is 0.615. The average Bonchev–Trinajstić information content (AvgIpc) is 2.66. The molecule has 1 amide bonds. The second-order valence-electron chi connectivity index (χ2n) is 3.04. The van der Waals surface area contributed by atoms with Crippen molar-refractivity contribution in [2.45, 2.75) is 0 Å². The lowest BCUT2D eigenvalue weighted by Gasteiger charge is -1.96. The van der Waals surface area contributed by atoms with Crippen molar-refractivity contribution in [3.63, 3.8) is 0 Å². The van der Waals surface area contributed by atoms with Gasteiger partial charge >= 0.3 is 0 Å².